The van der Waals surface area contributed by atoms with E-state index in [4.69, 9.17) is 5.73 Å². The summed E-state index contributed by atoms with van der Waals surface area (Å²) in [5.74, 6) is 2.09. The molecule has 0 aromatic heterocycles. The summed E-state index contributed by atoms with van der Waals surface area (Å²) in [4.78, 5) is 11.9. The van der Waals surface area contributed by atoms with Crippen molar-refractivity contribution in [3.63, 3.8) is 0 Å². The summed E-state index contributed by atoms with van der Waals surface area (Å²) in [5.41, 5.74) is 6.25. The molecule has 0 unspecified atom stereocenters. The van der Waals surface area contributed by atoms with Crippen molar-refractivity contribution in [3.05, 3.63) is 0 Å². The maximum absolute atomic E-state index is 11.9. The molecule has 3 N–H and O–H groups in total. The number of hydrogen-bond acceptors (Lipinski definition) is 2. The highest BCUT2D eigenvalue weighted by Gasteiger charge is 2.53. The van der Waals surface area contributed by atoms with Gasteiger partial charge in [0.15, 0.2) is 0 Å². The van der Waals surface area contributed by atoms with Crippen LogP contribution in [0.1, 0.15) is 52.4 Å². The summed E-state index contributed by atoms with van der Waals surface area (Å²) in [6.07, 6.45) is 7.07. The highest BCUT2D eigenvalue weighted by Crippen LogP contribution is 2.60. The number of hydrogen-bond donors (Lipinski definition) is 2. The lowest BCUT2D eigenvalue weighted by Gasteiger charge is -2.19. The van der Waals surface area contributed by atoms with E-state index in [2.05, 4.69) is 19.2 Å². The fourth-order valence-corrected chi connectivity index (χ4v) is 3.12. The highest BCUT2D eigenvalue weighted by atomic mass is 16.1. The van der Waals surface area contributed by atoms with Gasteiger partial charge in [-0.05, 0) is 61.8 Å². The van der Waals surface area contributed by atoms with Crippen molar-refractivity contribution in [2.45, 2.75) is 52.4 Å². The summed E-state index contributed by atoms with van der Waals surface area (Å²) in [6, 6.07) is 0. The van der Waals surface area contributed by atoms with Gasteiger partial charge in [-0.1, -0.05) is 13.8 Å². The van der Waals surface area contributed by atoms with E-state index in [1.54, 1.807) is 0 Å². The SMILES string of the molecule is CC(C)C[C@H](CN)CC(=O)NCC1(C2CC2)CC1. The molecule has 2 aliphatic rings. The highest BCUT2D eigenvalue weighted by molar-refractivity contribution is 5.76. The molecular formula is C15H28N2O. The predicted octanol–water partition coefficient (Wildman–Crippen LogP) is 2.30. The molecule has 1 atom stereocenters. The van der Waals surface area contributed by atoms with Gasteiger partial charge in [-0.3, -0.25) is 4.79 Å². The van der Waals surface area contributed by atoms with Crippen LogP contribution in [0.4, 0.5) is 0 Å². The number of nitrogens with one attached hydrogen (secondary N) is 1. The standard InChI is InChI=1S/C15H28N2O/c1-11(2)7-12(9-16)8-14(18)17-10-15(5-6-15)13-3-4-13/h11-13H,3-10,16H2,1-2H3,(H,17,18)/t12-/m0/s1. The van der Waals surface area contributed by atoms with Gasteiger partial charge in [0.2, 0.25) is 5.91 Å². The zero-order valence-corrected chi connectivity index (χ0v) is 11.9. The van der Waals surface area contributed by atoms with Crippen molar-refractivity contribution in [2.24, 2.45) is 28.9 Å². The molecule has 0 aromatic carbocycles. The van der Waals surface area contributed by atoms with Gasteiger partial charge in [-0.25, -0.2) is 0 Å². The molecule has 2 rings (SSSR count). The zero-order valence-electron chi connectivity index (χ0n) is 11.9. The van der Waals surface area contributed by atoms with Crippen molar-refractivity contribution in [1.29, 1.82) is 0 Å². The Bertz CT molecular complexity index is 293. The van der Waals surface area contributed by atoms with E-state index in [0.29, 0.717) is 30.2 Å². The second kappa shape index (κ2) is 5.60. The van der Waals surface area contributed by atoms with Crippen LogP contribution >= 0.6 is 0 Å². The first-order valence-corrected chi connectivity index (χ1v) is 7.52. The number of carbonyl (C=O) groups excluding carboxylic acids is 1. The largest absolute Gasteiger partial charge is 0.356 e. The van der Waals surface area contributed by atoms with Crippen molar-refractivity contribution in [2.75, 3.05) is 13.1 Å². The molecule has 0 radical (unpaired) electrons. The first-order valence-electron chi connectivity index (χ1n) is 7.52. The molecule has 0 saturated heterocycles. The van der Waals surface area contributed by atoms with Crippen LogP contribution in [-0.2, 0) is 4.79 Å². The van der Waals surface area contributed by atoms with Crippen LogP contribution in [-0.4, -0.2) is 19.0 Å². The molecule has 0 aromatic rings. The Kier molecular flexibility index (Phi) is 4.31. The summed E-state index contributed by atoms with van der Waals surface area (Å²) in [7, 11) is 0. The van der Waals surface area contributed by atoms with Gasteiger partial charge in [-0.15, -0.1) is 0 Å². The van der Waals surface area contributed by atoms with Gasteiger partial charge in [0.1, 0.15) is 0 Å². The van der Waals surface area contributed by atoms with E-state index in [1.807, 2.05) is 0 Å². The first-order chi connectivity index (χ1) is 8.55. The summed E-state index contributed by atoms with van der Waals surface area (Å²) in [6.45, 7) is 5.91. The minimum absolute atomic E-state index is 0.207. The Morgan fingerprint density at radius 2 is 2.06 bits per heavy atom. The number of carbonyl (C=O) groups is 1. The van der Waals surface area contributed by atoms with Crippen LogP contribution in [0.25, 0.3) is 0 Å². The van der Waals surface area contributed by atoms with E-state index < -0.39 is 0 Å². The second-order valence-electron chi connectivity index (χ2n) is 6.85. The van der Waals surface area contributed by atoms with Crippen LogP contribution in [0.15, 0.2) is 0 Å². The Morgan fingerprint density at radius 1 is 1.39 bits per heavy atom. The molecule has 0 spiro atoms. The fraction of sp³-hybridized carbons (Fsp3) is 0.933. The fourth-order valence-electron chi connectivity index (χ4n) is 3.12. The quantitative estimate of drug-likeness (QED) is 0.696. The lowest BCUT2D eigenvalue weighted by atomic mass is 9.93. The van der Waals surface area contributed by atoms with Gasteiger partial charge in [0, 0.05) is 13.0 Å². The maximum atomic E-state index is 11.9. The topological polar surface area (TPSA) is 55.1 Å². The van der Waals surface area contributed by atoms with Crippen molar-refractivity contribution < 1.29 is 4.79 Å². The van der Waals surface area contributed by atoms with E-state index in [0.717, 1.165) is 18.9 Å². The van der Waals surface area contributed by atoms with E-state index in [1.165, 1.54) is 25.7 Å². The Labute approximate surface area is 111 Å². The number of amides is 1. The van der Waals surface area contributed by atoms with Gasteiger partial charge < -0.3 is 11.1 Å². The lowest BCUT2D eigenvalue weighted by Crippen LogP contribution is -2.33. The third-order valence-corrected chi connectivity index (χ3v) is 4.59. The molecule has 1 amide bonds. The molecule has 3 heteroatoms. The number of rotatable bonds is 8. The van der Waals surface area contributed by atoms with Crippen LogP contribution in [0.3, 0.4) is 0 Å². The molecule has 2 aliphatic carbocycles. The Morgan fingerprint density at radius 3 is 2.50 bits per heavy atom. The monoisotopic (exact) mass is 252 g/mol. The summed E-state index contributed by atoms with van der Waals surface area (Å²) < 4.78 is 0. The van der Waals surface area contributed by atoms with E-state index in [9.17, 15) is 4.79 Å². The van der Waals surface area contributed by atoms with Crippen molar-refractivity contribution >= 4 is 5.91 Å². The van der Waals surface area contributed by atoms with Crippen molar-refractivity contribution in [1.82, 2.24) is 5.32 Å². The third-order valence-electron chi connectivity index (χ3n) is 4.59. The molecular weight excluding hydrogens is 224 g/mol. The molecule has 104 valence electrons. The number of nitrogens with two attached hydrogens (primary N) is 1. The Hall–Kier alpha value is -0.570. The first kappa shape index (κ1) is 13.9. The molecule has 3 nitrogen and oxygen atoms in total. The maximum Gasteiger partial charge on any atom is 0.220 e. The predicted molar refractivity (Wildman–Crippen MR) is 74.0 cm³/mol. The average Bonchev–Trinajstić information content (AvgIpc) is 3.14. The van der Waals surface area contributed by atoms with Crippen molar-refractivity contribution in [3.8, 4) is 0 Å². The molecule has 2 fully saturated rings. The van der Waals surface area contributed by atoms with Gasteiger partial charge >= 0.3 is 0 Å². The zero-order chi connectivity index (χ0) is 13.2. The third kappa shape index (κ3) is 3.71. The lowest BCUT2D eigenvalue weighted by molar-refractivity contribution is -0.122. The van der Waals surface area contributed by atoms with Crippen LogP contribution in [0, 0.1) is 23.2 Å². The van der Waals surface area contributed by atoms with Crippen LogP contribution in [0.2, 0.25) is 0 Å². The average molecular weight is 252 g/mol. The van der Waals surface area contributed by atoms with Crippen LogP contribution in [0.5, 0.6) is 0 Å². The Balaban J connectivity index is 1.67. The van der Waals surface area contributed by atoms with Gasteiger partial charge in [-0.2, -0.15) is 0 Å². The van der Waals surface area contributed by atoms with Gasteiger partial charge in [0.25, 0.3) is 0 Å². The minimum atomic E-state index is 0.207. The molecule has 2 saturated carbocycles. The normalized spacial score (nSPS) is 22.9. The van der Waals surface area contributed by atoms with E-state index in [-0.39, 0.29) is 5.91 Å². The second-order valence-corrected chi connectivity index (χ2v) is 6.85. The summed E-state index contributed by atoms with van der Waals surface area (Å²) >= 11 is 0. The van der Waals surface area contributed by atoms with E-state index >= 15 is 0 Å². The molecule has 18 heavy (non-hydrogen) atoms. The minimum Gasteiger partial charge on any atom is -0.356 e. The van der Waals surface area contributed by atoms with Crippen LogP contribution < -0.4 is 11.1 Å². The molecule has 0 aliphatic heterocycles. The molecule has 0 heterocycles. The van der Waals surface area contributed by atoms with Gasteiger partial charge in [0.05, 0.1) is 0 Å². The smallest absolute Gasteiger partial charge is 0.220 e. The summed E-state index contributed by atoms with van der Waals surface area (Å²) in [5, 5.41) is 3.15. The molecule has 0 bridgehead atoms.